The zero-order valence-electron chi connectivity index (χ0n) is 20.8. The van der Waals surface area contributed by atoms with E-state index < -0.39 is 6.10 Å². The Kier molecular flexibility index (Phi) is 8.36. The van der Waals surface area contributed by atoms with Crippen LogP contribution in [0, 0.1) is 5.41 Å². The van der Waals surface area contributed by atoms with Crippen LogP contribution in [0.4, 0.5) is 0 Å². The first-order valence-corrected chi connectivity index (χ1v) is 12.3. The molecule has 1 fully saturated rings. The highest BCUT2D eigenvalue weighted by Crippen LogP contribution is 2.26. The highest BCUT2D eigenvalue weighted by molar-refractivity contribution is 6.30. The Morgan fingerprint density at radius 1 is 1.00 bits per heavy atom. The van der Waals surface area contributed by atoms with Gasteiger partial charge in [0.15, 0.2) is 0 Å². The second-order valence-corrected chi connectivity index (χ2v) is 9.26. The van der Waals surface area contributed by atoms with E-state index in [-0.39, 0.29) is 6.61 Å². The van der Waals surface area contributed by atoms with E-state index in [1.165, 1.54) is 5.56 Å². The van der Waals surface area contributed by atoms with Crippen LogP contribution >= 0.6 is 0 Å². The summed E-state index contributed by atoms with van der Waals surface area (Å²) in [6, 6.07) is 17.7. The zero-order valence-corrected chi connectivity index (χ0v) is 20.8. The number of aliphatic hydroxyl groups excluding tert-OH is 2. The maximum Gasteiger partial charge on any atom is 0.119 e. The predicted octanol–water partition coefficient (Wildman–Crippen LogP) is 3.61. The van der Waals surface area contributed by atoms with Crippen molar-refractivity contribution in [2.24, 2.45) is 0 Å². The molecule has 1 atom stereocenters. The van der Waals surface area contributed by atoms with Crippen molar-refractivity contribution in [1.29, 1.82) is 5.41 Å². The van der Waals surface area contributed by atoms with Crippen LogP contribution in [0.3, 0.4) is 0 Å². The molecule has 1 aromatic heterocycles. The highest BCUT2D eigenvalue weighted by Gasteiger charge is 2.19. The van der Waals surface area contributed by atoms with Crippen molar-refractivity contribution < 1.29 is 14.9 Å². The lowest BCUT2D eigenvalue weighted by molar-refractivity contribution is 0.0952. The number of allylic oxidation sites excluding steroid dienone is 1. The number of rotatable bonds is 10. The number of hydrogen-bond donors (Lipinski definition) is 5. The fraction of sp³-hybridized carbons (Fsp3) is 0.310. The topological polar surface area (TPSA) is 110 Å². The third-order valence-electron chi connectivity index (χ3n) is 6.24. The van der Waals surface area contributed by atoms with Gasteiger partial charge in [0.2, 0.25) is 0 Å². The summed E-state index contributed by atoms with van der Waals surface area (Å²) in [5.41, 5.74) is 6.16. The van der Waals surface area contributed by atoms with Gasteiger partial charge in [0, 0.05) is 43.0 Å². The summed E-state index contributed by atoms with van der Waals surface area (Å²) in [7, 11) is 0. The van der Waals surface area contributed by atoms with Gasteiger partial charge in [0.1, 0.15) is 18.2 Å². The number of pyridine rings is 1. The first kappa shape index (κ1) is 25.4. The van der Waals surface area contributed by atoms with Crippen molar-refractivity contribution in [3.05, 3.63) is 101 Å². The van der Waals surface area contributed by atoms with Gasteiger partial charge in [-0.3, -0.25) is 10.4 Å². The van der Waals surface area contributed by atoms with Gasteiger partial charge in [0.05, 0.1) is 18.4 Å². The number of nitrogens with zero attached hydrogens (tertiary/aromatic N) is 1. The van der Waals surface area contributed by atoms with Gasteiger partial charge in [-0.2, -0.15) is 0 Å². The quantitative estimate of drug-likeness (QED) is 0.280. The predicted molar refractivity (Wildman–Crippen MR) is 142 cm³/mol. The van der Waals surface area contributed by atoms with Gasteiger partial charge in [0.25, 0.3) is 0 Å². The van der Waals surface area contributed by atoms with Crippen molar-refractivity contribution in [2.45, 2.75) is 38.9 Å². The second kappa shape index (κ2) is 11.8. The van der Waals surface area contributed by atoms with Crippen molar-refractivity contribution in [2.75, 3.05) is 19.7 Å². The molecule has 5 N–H and O–H groups in total. The molecule has 1 aliphatic heterocycles. The first-order valence-electron chi connectivity index (χ1n) is 12.3. The van der Waals surface area contributed by atoms with E-state index in [1.54, 1.807) is 12.4 Å². The van der Waals surface area contributed by atoms with E-state index in [1.807, 2.05) is 36.4 Å². The van der Waals surface area contributed by atoms with Crippen molar-refractivity contribution >= 4 is 11.3 Å². The molecule has 188 valence electrons. The molecule has 2 heterocycles. The molecule has 7 nitrogen and oxygen atoms in total. The van der Waals surface area contributed by atoms with Crippen LogP contribution in [0.25, 0.3) is 5.57 Å². The fourth-order valence-corrected chi connectivity index (χ4v) is 4.38. The normalized spacial score (nSPS) is 13.8. The van der Waals surface area contributed by atoms with Crippen LogP contribution in [0.2, 0.25) is 0 Å². The lowest BCUT2D eigenvalue weighted by Gasteiger charge is -2.17. The number of aliphatic hydroxyl groups is 2. The molecule has 4 rings (SSSR count). The standard InChI is InChI=1S/C29H34N4O3/c1-19(2)26-8-3-20(15-23(26)16-24(35)17-34)18-36-25-6-4-21(5-7-25)27(29-32-13-14-33-29)28(30)22-9-11-31-12-10-22/h3-12,15,19,24,30,32-35H,13-14,16-18H2,1-2H3. The van der Waals surface area contributed by atoms with Gasteiger partial charge < -0.3 is 25.6 Å². The van der Waals surface area contributed by atoms with Crippen LogP contribution in [0.1, 0.15) is 47.6 Å². The number of hydrogen-bond acceptors (Lipinski definition) is 7. The number of nitrogens with one attached hydrogen (secondary N) is 3. The van der Waals surface area contributed by atoms with Crippen molar-refractivity contribution in [3.8, 4) is 5.75 Å². The number of ether oxygens (including phenoxy) is 1. The Labute approximate surface area is 212 Å². The summed E-state index contributed by atoms with van der Waals surface area (Å²) < 4.78 is 6.06. The molecular weight excluding hydrogens is 452 g/mol. The van der Waals surface area contributed by atoms with Gasteiger partial charge in [-0.15, -0.1) is 0 Å². The van der Waals surface area contributed by atoms with Crippen LogP contribution in [0.15, 0.2) is 72.8 Å². The largest absolute Gasteiger partial charge is 0.489 e. The maximum absolute atomic E-state index is 9.97. The summed E-state index contributed by atoms with van der Waals surface area (Å²) in [5.74, 6) is 1.91. The van der Waals surface area contributed by atoms with Gasteiger partial charge >= 0.3 is 0 Å². The molecule has 2 aromatic carbocycles. The van der Waals surface area contributed by atoms with E-state index in [9.17, 15) is 10.2 Å². The number of aromatic nitrogens is 1. The third-order valence-corrected chi connectivity index (χ3v) is 6.24. The molecule has 3 aromatic rings. The SMILES string of the molecule is CC(C)c1ccc(COc2ccc(C(C(=N)c3ccncc3)=C3NCCN3)cc2)cc1CC(O)CO. The molecule has 1 saturated heterocycles. The molecule has 0 saturated carbocycles. The lowest BCUT2D eigenvalue weighted by Crippen LogP contribution is -2.18. The molecule has 1 unspecified atom stereocenters. The minimum atomic E-state index is -0.774. The second-order valence-electron chi connectivity index (χ2n) is 9.26. The monoisotopic (exact) mass is 486 g/mol. The summed E-state index contributed by atoms with van der Waals surface area (Å²) in [6.07, 6.45) is 3.03. The molecule has 36 heavy (non-hydrogen) atoms. The van der Waals surface area contributed by atoms with Gasteiger partial charge in [-0.1, -0.05) is 44.2 Å². The Bertz CT molecular complexity index is 1200. The third kappa shape index (κ3) is 6.11. The van der Waals surface area contributed by atoms with Crippen LogP contribution in [-0.2, 0) is 13.0 Å². The Hall–Kier alpha value is -3.68. The Morgan fingerprint density at radius 3 is 2.33 bits per heavy atom. The van der Waals surface area contributed by atoms with E-state index >= 15 is 0 Å². The summed E-state index contributed by atoms with van der Waals surface area (Å²) in [4.78, 5) is 4.07. The average Bonchev–Trinajstić information content (AvgIpc) is 3.43. The van der Waals surface area contributed by atoms with Crippen LogP contribution in [-0.4, -0.2) is 46.7 Å². The lowest BCUT2D eigenvalue weighted by atomic mass is 9.92. The van der Waals surface area contributed by atoms with Crippen LogP contribution < -0.4 is 15.4 Å². The molecule has 0 radical (unpaired) electrons. The Balaban J connectivity index is 1.51. The molecule has 0 spiro atoms. The zero-order chi connectivity index (χ0) is 25.5. The number of benzene rings is 2. The minimum absolute atomic E-state index is 0.258. The highest BCUT2D eigenvalue weighted by atomic mass is 16.5. The van der Waals surface area contributed by atoms with E-state index in [2.05, 4.69) is 47.7 Å². The summed E-state index contributed by atoms with van der Waals surface area (Å²) in [6.45, 7) is 6.01. The molecule has 0 bridgehead atoms. The van der Waals surface area contributed by atoms with Crippen molar-refractivity contribution in [1.82, 2.24) is 15.6 Å². The molecule has 1 aliphatic rings. The Morgan fingerprint density at radius 2 is 1.69 bits per heavy atom. The molecule has 7 heteroatoms. The molecular formula is C29H34N4O3. The molecule has 0 amide bonds. The van der Waals surface area contributed by atoms with Gasteiger partial charge in [-0.05, 0) is 52.4 Å². The van der Waals surface area contributed by atoms with E-state index in [4.69, 9.17) is 10.1 Å². The molecule has 0 aliphatic carbocycles. The average molecular weight is 487 g/mol. The fourth-order valence-electron chi connectivity index (χ4n) is 4.38. The van der Waals surface area contributed by atoms with E-state index in [0.717, 1.165) is 52.5 Å². The minimum Gasteiger partial charge on any atom is -0.489 e. The summed E-state index contributed by atoms with van der Waals surface area (Å²) in [5, 5.41) is 34.8. The smallest absolute Gasteiger partial charge is 0.119 e. The van der Waals surface area contributed by atoms with Crippen molar-refractivity contribution in [3.63, 3.8) is 0 Å². The first-order chi connectivity index (χ1) is 17.5. The van der Waals surface area contributed by atoms with E-state index in [0.29, 0.717) is 24.7 Å². The van der Waals surface area contributed by atoms with Crippen LogP contribution in [0.5, 0.6) is 5.75 Å². The summed E-state index contributed by atoms with van der Waals surface area (Å²) >= 11 is 0. The maximum atomic E-state index is 9.97. The van der Waals surface area contributed by atoms with Gasteiger partial charge in [-0.25, -0.2) is 0 Å².